The third-order valence-electron chi connectivity index (χ3n) is 3.17. The number of unbranched alkanes of at least 4 members (excludes halogenated alkanes) is 2. The van der Waals surface area contributed by atoms with Gasteiger partial charge in [0.05, 0.1) is 0 Å². The summed E-state index contributed by atoms with van der Waals surface area (Å²) in [5.41, 5.74) is 0.0810. The van der Waals surface area contributed by atoms with Crippen LogP contribution in [-0.4, -0.2) is 40.6 Å². The fourth-order valence-corrected chi connectivity index (χ4v) is 1.80. The highest BCUT2D eigenvalue weighted by atomic mass is 16.4. The van der Waals surface area contributed by atoms with E-state index in [1.807, 2.05) is 0 Å². The topological polar surface area (TPSA) is 53.4 Å². The first-order chi connectivity index (χ1) is 9.15. The number of nitrogens with zero attached hydrogens (tertiary/aromatic N) is 2. The van der Waals surface area contributed by atoms with Crippen LogP contribution in [0, 0.1) is 0 Å². The van der Waals surface area contributed by atoms with Gasteiger partial charge in [-0.2, -0.15) is 0 Å². The van der Waals surface area contributed by atoms with Gasteiger partial charge in [-0.05, 0) is 45.0 Å². The Bertz CT molecular complexity index is 364. The lowest BCUT2D eigenvalue weighted by Crippen LogP contribution is -2.21. The Morgan fingerprint density at radius 3 is 2.58 bits per heavy atom. The maximum Gasteiger partial charge on any atom is 0.354 e. The lowest BCUT2D eigenvalue weighted by Gasteiger charge is -2.14. The number of hydrogen-bond donors (Lipinski definition) is 1. The van der Waals surface area contributed by atoms with Gasteiger partial charge in [0.1, 0.15) is 5.69 Å². The number of carboxylic acid groups (broad SMARTS) is 1. The zero-order valence-electron chi connectivity index (χ0n) is 11.9. The monoisotopic (exact) mass is 264 g/mol. The van der Waals surface area contributed by atoms with Crippen molar-refractivity contribution in [3.05, 3.63) is 30.1 Å². The van der Waals surface area contributed by atoms with Gasteiger partial charge in [0.25, 0.3) is 0 Å². The van der Waals surface area contributed by atoms with Crippen molar-refractivity contribution < 1.29 is 9.90 Å². The Hall–Kier alpha value is -1.42. The van der Waals surface area contributed by atoms with Crippen LogP contribution in [0.1, 0.15) is 49.5 Å². The highest BCUT2D eigenvalue weighted by molar-refractivity contribution is 5.85. The molecule has 19 heavy (non-hydrogen) atoms. The summed E-state index contributed by atoms with van der Waals surface area (Å²) in [5, 5.41) is 8.32. The van der Waals surface area contributed by atoms with Crippen molar-refractivity contribution in [3.8, 4) is 0 Å². The predicted molar refractivity (Wildman–Crippen MR) is 76.4 cm³/mol. The van der Waals surface area contributed by atoms with E-state index in [0.29, 0.717) is 0 Å². The number of hydrogen-bond acceptors (Lipinski definition) is 3. The summed E-state index contributed by atoms with van der Waals surface area (Å²) in [4.78, 5) is 16.2. The number of aromatic carboxylic acids is 1. The van der Waals surface area contributed by atoms with Gasteiger partial charge in [-0.15, -0.1) is 0 Å². The third-order valence-corrected chi connectivity index (χ3v) is 3.17. The van der Waals surface area contributed by atoms with E-state index in [1.165, 1.54) is 50.9 Å². The highest BCUT2D eigenvalue weighted by Crippen LogP contribution is 2.25. The molecule has 0 unspecified atom stereocenters. The molecule has 1 saturated carbocycles. The Balaban J connectivity index is 0.000000191. The van der Waals surface area contributed by atoms with Crippen molar-refractivity contribution in [2.75, 3.05) is 13.6 Å². The van der Waals surface area contributed by atoms with Crippen LogP contribution in [-0.2, 0) is 0 Å². The van der Waals surface area contributed by atoms with E-state index in [0.717, 1.165) is 6.04 Å². The van der Waals surface area contributed by atoms with Crippen molar-refractivity contribution in [3.63, 3.8) is 0 Å². The maximum atomic E-state index is 10.1. The van der Waals surface area contributed by atoms with Crippen molar-refractivity contribution >= 4 is 5.97 Å². The molecule has 106 valence electrons. The molecule has 0 bridgehead atoms. The van der Waals surface area contributed by atoms with Gasteiger partial charge in [0.2, 0.25) is 0 Å². The van der Waals surface area contributed by atoms with Gasteiger partial charge < -0.3 is 10.0 Å². The van der Waals surface area contributed by atoms with E-state index in [-0.39, 0.29) is 5.69 Å². The predicted octanol–water partition coefficient (Wildman–Crippen LogP) is 3.05. The van der Waals surface area contributed by atoms with E-state index in [1.54, 1.807) is 12.1 Å². The zero-order valence-corrected chi connectivity index (χ0v) is 11.9. The quantitative estimate of drug-likeness (QED) is 0.802. The minimum Gasteiger partial charge on any atom is -0.477 e. The van der Waals surface area contributed by atoms with Gasteiger partial charge in [0.15, 0.2) is 0 Å². The molecule has 0 saturated heterocycles. The van der Waals surface area contributed by atoms with E-state index >= 15 is 0 Å². The number of carbonyl (C=O) groups is 1. The summed E-state index contributed by atoms with van der Waals surface area (Å²) in [5.74, 6) is -0.990. The molecule has 1 aromatic rings. The molecule has 1 aromatic heterocycles. The van der Waals surface area contributed by atoms with Crippen LogP contribution in [0.3, 0.4) is 0 Å². The molecule has 0 spiro atoms. The smallest absolute Gasteiger partial charge is 0.354 e. The summed E-state index contributed by atoms with van der Waals surface area (Å²) >= 11 is 0. The minimum atomic E-state index is -0.990. The van der Waals surface area contributed by atoms with Crippen LogP contribution in [0.25, 0.3) is 0 Å². The number of pyridine rings is 1. The molecule has 1 heterocycles. The molecule has 0 aromatic carbocycles. The second kappa shape index (κ2) is 8.64. The molecule has 4 heteroatoms. The SMILES string of the molecule is CCCCCN(C)C1CC1.O=C(O)c1ccccn1. The first kappa shape index (κ1) is 15.6. The summed E-state index contributed by atoms with van der Waals surface area (Å²) in [7, 11) is 2.26. The van der Waals surface area contributed by atoms with Crippen LogP contribution in [0.5, 0.6) is 0 Å². The largest absolute Gasteiger partial charge is 0.477 e. The molecule has 0 amide bonds. The van der Waals surface area contributed by atoms with Crippen molar-refractivity contribution in [1.82, 2.24) is 9.88 Å². The van der Waals surface area contributed by atoms with Gasteiger partial charge >= 0.3 is 5.97 Å². The molecular weight excluding hydrogens is 240 g/mol. The van der Waals surface area contributed by atoms with Gasteiger partial charge in [-0.3, -0.25) is 0 Å². The molecule has 1 aliphatic rings. The minimum absolute atomic E-state index is 0.0810. The Morgan fingerprint density at radius 2 is 2.16 bits per heavy atom. The van der Waals surface area contributed by atoms with E-state index < -0.39 is 5.97 Å². The second-order valence-corrected chi connectivity index (χ2v) is 4.94. The second-order valence-electron chi connectivity index (χ2n) is 4.94. The molecule has 0 aliphatic heterocycles. The third kappa shape index (κ3) is 6.91. The average molecular weight is 264 g/mol. The Morgan fingerprint density at radius 1 is 1.42 bits per heavy atom. The summed E-state index contributed by atoms with van der Waals surface area (Å²) < 4.78 is 0. The highest BCUT2D eigenvalue weighted by Gasteiger charge is 2.25. The number of aromatic nitrogens is 1. The normalized spacial score (nSPS) is 13.8. The van der Waals surface area contributed by atoms with Crippen molar-refractivity contribution in [1.29, 1.82) is 0 Å². The first-order valence-electron chi connectivity index (χ1n) is 6.99. The van der Waals surface area contributed by atoms with Crippen molar-refractivity contribution in [2.45, 2.75) is 45.1 Å². The molecule has 2 rings (SSSR count). The van der Waals surface area contributed by atoms with E-state index in [4.69, 9.17) is 5.11 Å². The Labute approximate surface area is 115 Å². The van der Waals surface area contributed by atoms with Gasteiger partial charge in [0, 0.05) is 12.2 Å². The van der Waals surface area contributed by atoms with Crippen LogP contribution in [0.15, 0.2) is 24.4 Å². The lowest BCUT2D eigenvalue weighted by atomic mass is 10.2. The lowest BCUT2D eigenvalue weighted by molar-refractivity contribution is 0.0690. The van der Waals surface area contributed by atoms with Crippen molar-refractivity contribution in [2.24, 2.45) is 0 Å². The van der Waals surface area contributed by atoms with Gasteiger partial charge in [-0.25, -0.2) is 9.78 Å². The molecule has 1 aliphatic carbocycles. The van der Waals surface area contributed by atoms with Crippen LogP contribution in [0.2, 0.25) is 0 Å². The van der Waals surface area contributed by atoms with E-state index in [2.05, 4.69) is 23.9 Å². The first-order valence-corrected chi connectivity index (χ1v) is 6.99. The molecule has 4 nitrogen and oxygen atoms in total. The van der Waals surface area contributed by atoms with Crippen LogP contribution < -0.4 is 0 Å². The van der Waals surface area contributed by atoms with Gasteiger partial charge in [-0.1, -0.05) is 25.8 Å². The van der Waals surface area contributed by atoms with E-state index in [9.17, 15) is 4.79 Å². The Kier molecular flexibility index (Phi) is 7.11. The van der Waals surface area contributed by atoms with Crippen LogP contribution >= 0.6 is 0 Å². The molecular formula is C15H24N2O2. The molecule has 1 N–H and O–H groups in total. The van der Waals surface area contributed by atoms with Crippen LogP contribution in [0.4, 0.5) is 0 Å². The fraction of sp³-hybridized carbons (Fsp3) is 0.600. The number of carboxylic acids is 1. The summed E-state index contributed by atoms with van der Waals surface area (Å²) in [6, 6.07) is 5.71. The molecule has 0 radical (unpaired) electrons. The zero-order chi connectivity index (χ0) is 14.1. The fourth-order valence-electron chi connectivity index (χ4n) is 1.80. The maximum absolute atomic E-state index is 10.1. The average Bonchev–Trinajstić information content (AvgIpc) is 3.25. The molecule has 0 atom stereocenters. The number of rotatable bonds is 6. The summed E-state index contributed by atoms with van der Waals surface area (Å²) in [6.45, 7) is 3.58. The standard InChI is InChI=1S/C9H19N.C6H5NO2/c1-3-4-5-8-10(2)9-6-7-9;8-6(9)5-3-1-2-4-7-5/h9H,3-8H2,1-2H3;1-4H,(H,8,9). The molecule has 1 fully saturated rings. The summed E-state index contributed by atoms with van der Waals surface area (Å²) in [6.07, 6.45) is 8.48.